The highest BCUT2D eigenvalue weighted by Gasteiger charge is 2.38. The summed E-state index contributed by atoms with van der Waals surface area (Å²) < 4.78 is 24.7. The molecule has 0 aliphatic heterocycles. The molecule has 0 N–H and O–H groups in total. The fourth-order valence-electron chi connectivity index (χ4n) is 3.63. The smallest absolute Gasteiger partial charge is 0.175 e. The number of benzene rings is 2. The van der Waals surface area contributed by atoms with Crippen LogP contribution in [0, 0.1) is 8.99 Å². The molecule has 1 spiro atoms. The Morgan fingerprint density at radius 3 is 1.72 bits per heavy atom. The molecule has 2 aliphatic carbocycles. The molecule has 1 saturated carbocycles. The Morgan fingerprint density at radius 1 is 0.840 bits per heavy atom. The number of sulfone groups is 1. The third-order valence-electron chi connectivity index (χ3n) is 5.19. The molecule has 128 valence electrons. The van der Waals surface area contributed by atoms with E-state index in [1.165, 1.54) is 45.8 Å². The molecule has 2 aromatic rings. The molecule has 0 amide bonds. The van der Waals surface area contributed by atoms with E-state index in [4.69, 9.17) is 0 Å². The second-order valence-electron chi connectivity index (χ2n) is 7.01. The Bertz CT molecular complexity index is 977. The van der Waals surface area contributed by atoms with Crippen LogP contribution in [0.4, 0.5) is 0 Å². The van der Waals surface area contributed by atoms with E-state index >= 15 is 0 Å². The van der Waals surface area contributed by atoms with E-state index in [9.17, 15) is 8.42 Å². The first-order valence-electron chi connectivity index (χ1n) is 8.39. The molecule has 0 atom stereocenters. The first-order chi connectivity index (χ1) is 11.9. The highest BCUT2D eigenvalue weighted by Crippen LogP contribution is 2.53. The van der Waals surface area contributed by atoms with Crippen molar-refractivity contribution >= 4 is 43.6 Å². The second kappa shape index (κ2) is 6.09. The van der Waals surface area contributed by atoms with Crippen molar-refractivity contribution in [2.45, 2.75) is 24.2 Å². The standard InChI is InChI=1S/C21H19IO2S/c1-25(23,24)18-9-5-16(6-10-18)20-14-21(11-2-12-21)13-19(20)15-3-7-17(22)8-4-15/h3-10,13-14H,2,11-12H2,1H3. The van der Waals surface area contributed by atoms with Crippen LogP contribution in [0.3, 0.4) is 0 Å². The summed E-state index contributed by atoms with van der Waals surface area (Å²) in [6.07, 6.45) is 9.72. The maximum atomic E-state index is 11.7. The van der Waals surface area contributed by atoms with Crippen molar-refractivity contribution < 1.29 is 8.42 Å². The van der Waals surface area contributed by atoms with Gasteiger partial charge in [-0.15, -0.1) is 0 Å². The molecule has 0 saturated heterocycles. The molecule has 2 nitrogen and oxygen atoms in total. The Morgan fingerprint density at radius 2 is 1.32 bits per heavy atom. The van der Waals surface area contributed by atoms with Gasteiger partial charge in [0.2, 0.25) is 0 Å². The van der Waals surface area contributed by atoms with Gasteiger partial charge < -0.3 is 0 Å². The summed E-state index contributed by atoms with van der Waals surface area (Å²) in [4.78, 5) is 0.369. The Labute approximate surface area is 162 Å². The lowest BCUT2D eigenvalue weighted by Gasteiger charge is -2.34. The van der Waals surface area contributed by atoms with Gasteiger partial charge in [-0.1, -0.05) is 42.8 Å². The highest BCUT2D eigenvalue weighted by atomic mass is 127. The maximum absolute atomic E-state index is 11.7. The van der Waals surface area contributed by atoms with Crippen molar-refractivity contribution in [2.24, 2.45) is 5.41 Å². The summed E-state index contributed by atoms with van der Waals surface area (Å²) in [7, 11) is -3.16. The fraction of sp³-hybridized carbons (Fsp3) is 0.238. The van der Waals surface area contributed by atoms with Crippen LogP contribution in [0.25, 0.3) is 11.1 Å². The van der Waals surface area contributed by atoms with E-state index in [2.05, 4.69) is 59.0 Å². The molecule has 0 bridgehead atoms. The Hall–Kier alpha value is -1.40. The van der Waals surface area contributed by atoms with Crippen LogP contribution in [-0.4, -0.2) is 14.7 Å². The molecule has 0 aromatic heterocycles. The van der Waals surface area contributed by atoms with Gasteiger partial charge in [0.25, 0.3) is 0 Å². The molecule has 0 heterocycles. The van der Waals surface area contributed by atoms with Crippen molar-refractivity contribution in [3.05, 3.63) is 75.4 Å². The third kappa shape index (κ3) is 3.22. The first kappa shape index (κ1) is 17.0. The lowest BCUT2D eigenvalue weighted by molar-refractivity contribution is 0.282. The van der Waals surface area contributed by atoms with E-state index in [1.807, 2.05) is 12.1 Å². The minimum Gasteiger partial charge on any atom is -0.224 e. The van der Waals surface area contributed by atoms with Crippen LogP contribution in [0.15, 0.2) is 65.6 Å². The molecular weight excluding hydrogens is 443 g/mol. The maximum Gasteiger partial charge on any atom is 0.175 e. The van der Waals surface area contributed by atoms with Gasteiger partial charge in [-0.2, -0.15) is 0 Å². The molecule has 2 aromatic carbocycles. The van der Waals surface area contributed by atoms with Crippen LogP contribution in [0.1, 0.15) is 30.4 Å². The predicted octanol–water partition coefficient (Wildman–Crippen LogP) is 5.35. The zero-order valence-corrected chi connectivity index (χ0v) is 17.0. The minimum absolute atomic E-state index is 0.198. The zero-order valence-electron chi connectivity index (χ0n) is 14.0. The van der Waals surface area contributed by atoms with Crippen LogP contribution in [0.5, 0.6) is 0 Å². The van der Waals surface area contributed by atoms with Gasteiger partial charge in [0.05, 0.1) is 4.90 Å². The van der Waals surface area contributed by atoms with Gasteiger partial charge in [-0.3, -0.25) is 0 Å². The highest BCUT2D eigenvalue weighted by molar-refractivity contribution is 14.1. The topological polar surface area (TPSA) is 34.1 Å². The quantitative estimate of drug-likeness (QED) is 0.577. The Kier molecular flexibility index (Phi) is 4.15. The largest absolute Gasteiger partial charge is 0.224 e. The van der Waals surface area contributed by atoms with Crippen molar-refractivity contribution in [2.75, 3.05) is 6.26 Å². The lowest BCUT2D eigenvalue weighted by atomic mass is 9.70. The number of allylic oxidation sites excluding steroid dienone is 4. The van der Waals surface area contributed by atoms with Crippen LogP contribution >= 0.6 is 22.6 Å². The van der Waals surface area contributed by atoms with Crippen LogP contribution < -0.4 is 0 Å². The van der Waals surface area contributed by atoms with Crippen molar-refractivity contribution in [3.63, 3.8) is 0 Å². The minimum atomic E-state index is -3.16. The van der Waals surface area contributed by atoms with Gasteiger partial charge in [0.1, 0.15) is 0 Å². The van der Waals surface area contributed by atoms with E-state index in [0.29, 0.717) is 4.90 Å². The van der Waals surface area contributed by atoms with Crippen molar-refractivity contribution in [1.82, 2.24) is 0 Å². The molecule has 2 aliphatic rings. The summed E-state index contributed by atoms with van der Waals surface area (Å²) in [5, 5.41) is 0. The van der Waals surface area contributed by atoms with Gasteiger partial charge in [-0.25, -0.2) is 8.42 Å². The summed E-state index contributed by atoms with van der Waals surface area (Å²) in [6, 6.07) is 15.9. The van der Waals surface area contributed by atoms with Gasteiger partial charge >= 0.3 is 0 Å². The van der Waals surface area contributed by atoms with Gasteiger partial charge in [0, 0.05) is 15.2 Å². The van der Waals surface area contributed by atoms with Crippen LogP contribution in [-0.2, 0) is 9.84 Å². The van der Waals surface area contributed by atoms with Crippen LogP contribution in [0.2, 0.25) is 0 Å². The normalized spacial score (nSPS) is 18.6. The van der Waals surface area contributed by atoms with Gasteiger partial charge in [-0.05, 0) is 82.0 Å². The van der Waals surface area contributed by atoms with Gasteiger partial charge in [0.15, 0.2) is 9.84 Å². The fourth-order valence-corrected chi connectivity index (χ4v) is 4.62. The lowest BCUT2D eigenvalue weighted by Crippen LogP contribution is -2.22. The molecule has 4 heteroatoms. The first-order valence-corrected chi connectivity index (χ1v) is 11.4. The number of hydrogen-bond donors (Lipinski definition) is 0. The monoisotopic (exact) mass is 462 g/mol. The van der Waals surface area contributed by atoms with Crippen molar-refractivity contribution in [1.29, 1.82) is 0 Å². The van der Waals surface area contributed by atoms with E-state index in [0.717, 1.165) is 5.56 Å². The van der Waals surface area contributed by atoms with E-state index < -0.39 is 9.84 Å². The summed E-state index contributed by atoms with van der Waals surface area (Å²) in [6.45, 7) is 0. The van der Waals surface area contributed by atoms with Crippen molar-refractivity contribution in [3.8, 4) is 0 Å². The molecular formula is C21H19IO2S. The zero-order chi connectivity index (χ0) is 17.7. The van der Waals surface area contributed by atoms with E-state index in [1.54, 1.807) is 12.1 Å². The number of hydrogen-bond acceptors (Lipinski definition) is 2. The third-order valence-corrected chi connectivity index (χ3v) is 7.03. The summed E-state index contributed by atoms with van der Waals surface area (Å²) in [5.74, 6) is 0. The average molecular weight is 462 g/mol. The molecule has 0 unspecified atom stereocenters. The SMILES string of the molecule is CS(=O)(=O)c1ccc(C2=CC3(C=C2c2ccc(I)cc2)CCC3)cc1. The number of halogens is 1. The molecule has 1 fully saturated rings. The predicted molar refractivity (Wildman–Crippen MR) is 111 cm³/mol. The van der Waals surface area contributed by atoms with E-state index in [-0.39, 0.29) is 5.41 Å². The molecule has 0 radical (unpaired) electrons. The summed E-state index contributed by atoms with van der Waals surface area (Å²) in [5.41, 5.74) is 5.00. The summed E-state index contributed by atoms with van der Waals surface area (Å²) >= 11 is 2.32. The average Bonchev–Trinajstić information content (AvgIpc) is 2.96. The Balaban J connectivity index is 1.77. The molecule has 4 rings (SSSR count). The number of rotatable bonds is 3. The molecule has 25 heavy (non-hydrogen) atoms. The second-order valence-corrected chi connectivity index (χ2v) is 10.3.